The Morgan fingerprint density at radius 2 is 2.00 bits per heavy atom. The molecule has 0 aliphatic heterocycles. The fourth-order valence-corrected chi connectivity index (χ4v) is 1.97. The molecule has 0 fully saturated rings. The second-order valence-corrected chi connectivity index (χ2v) is 4.93. The summed E-state index contributed by atoms with van der Waals surface area (Å²) in [7, 11) is 0. The van der Waals surface area contributed by atoms with Crippen molar-refractivity contribution in [3.8, 4) is 0 Å². The Hall–Kier alpha value is -1.89. The fourth-order valence-electron chi connectivity index (χ4n) is 1.81. The largest absolute Gasteiger partial charge is 0.481 e. The van der Waals surface area contributed by atoms with Gasteiger partial charge in [0.05, 0.1) is 16.0 Å². The van der Waals surface area contributed by atoms with E-state index in [2.05, 4.69) is 5.32 Å². The van der Waals surface area contributed by atoms with Crippen molar-refractivity contribution in [2.24, 2.45) is 0 Å². The predicted octanol–water partition coefficient (Wildman–Crippen LogP) is 3.83. The molecule has 0 saturated heterocycles. The summed E-state index contributed by atoms with van der Waals surface area (Å²) < 4.78 is 13.2. The SMILES string of the molecule is O=C(O)CCCCCCNc1cc(Cl)c(F)cc1[N+](=O)[O-]. The minimum absolute atomic E-state index is 0.145. The van der Waals surface area contributed by atoms with Crippen LogP contribution in [0.25, 0.3) is 0 Å². The van der Waals surface area contributed by atoms with Crippen LogP contribution in [0.4, 0.5) is 15.8 Å². The Balaban J connectivity index is 2.43. The summed E-state index contributed by atoms with van der Waals surface area (Å²) in [5.74, 6) is -1.65. The van der Waals surface area contributed by atoms with Gasteiger partial charge in [0, 0.05) is 13.0 Å². The number of aliphatic carboxylic acids is 1. The zero-order chi connectivity index (χ0) is 15.8. The summed E-state index contributed by atoms with van der Waals surface area (Å²) in [5.41, 5.74) is -0.181. The highest BCUT2D eigenvalue weighted by molar-refractivity contribution is 6.31. The lowest BCUT2D eigenvalue weighted by molar-refractivity contribution is -0.384. The van der Waals surface area contributed by atoms with E-state index in [0.717, 1.165) is 25.3 Å². The van der Waals surface area contributed by atoms with Crippen molar-refractivity contribution in [2.45, 2.75) is 32.1 Å². The topological polar surface area (TPSA) is 92.5 Å². The van der Waals surface area contributed by atoms with Gasteiger partial charge in [0.15, 0.2) is 0 Å². The molecule has 0 heterocycles. The molecule has 6 nitrogen and oxygen atoms in total. The van der Waals surface area contributed by atoms with Crippen molar-refractivity contribution >= 4 is 28.9 Å². The third kappa shape index (κ3) is 5.95. The van der Waals surface area contributed by atoms with Crippen molar-refractivity contribution in [2.75, 3.05) is 11.9 Å². The molecule has 8 heteroatoms. The quantitative estimate of drug-likeness (QED) is 0.410. The van der Waals surface area contributed by atoms with Crippen LogP contribution in [0.5, 0.6) is 0 Å². The Bertz CT molecular complexity index is 525. The van der Waals surface area contributed by atoms with Crippen molar-refractivity contribution in [1.82, 2.24) is 0 Å². The molecule has 0 spiro atoms. The van der Waals surface area contributed by atoms with Gasteiger partial charge in [0.1, 0.15) is 11.5 Å². The summed E-state index contributed by atoms with van der Waals surface area (Å²) in [4.78, 5) is 20.5. The molecule has 0 bridgehead atoms. The molecular formula is C13H16ClFN2O4. The number of rotatable bonds is 9. The number of hydrogen-bond acceptors (Lipinski definition) is 4. The van der Waals surface area contributed by atoms with Gasteiger partial charge < -0.3 is 10.4 Å². The van der Waals surface area contributed by atoms with Gasteiger partial charge >= 0.3 is 5.97 Å². The number of nitro groups is 1. The maximum atomic E-state index is 13.2. The molecule has 1 aromatic rings. The molecule has 2 N–H and O–H groups in total. The number of nitrogens with one attached hydrogen (secondary N) is 1. The number of halogens is 2. The minimum Gasteiger partial charge on any atom is -0.481 e. The maximum absolute atomic E-state index is 13.2. The number of hydrogen-bond donors (Lipinski definition) is 2. The van der Waals surface area contributed by atoms with Gasteiger partial charge in [-0.05, 0) is 18.9 Å². The van der Waals surface area contributed by atoms with Crippen LogP contribution in [0.1, 0.15) is 32.1 Å². The summed E-state index contributed by atoms with van der Waals surface area (Å²) in [6, 6.07) is 1.98. The van der Waals surface area contributed by atoms with E-state index in [1.807, 2.05) is 0 Å². The lowest BCUT2D eigenvalue weighted by atomic mass is 10.1. The average Bonchev–Trinajstić information content (AvgIpc) is 2.40. The number of nitro benzene ring substituents is 1. The smallest absolute Gasteiger partial charge is 0.303 e. The van der Waals surface area contributed by atoms with E-state index in [0.29, 0.717) is 13.0 Å². The highest BCUT2D eigenvalue weighted by Crippen LogP contribution is 2.30. The van der Waals surface area contributed by atoms with Crippen molar-refractivity contribution in [3.05, 3.63) is 33.1 Å². The molecule has 0 aromatic heterocycles. The molecule has 0 atom stereocenters. The van der Waals surface area contributed by atoms with Crippen molar-refractivity contribution in [3.63, 3.8) is 0 Å². The third-order valence-electron chi connectivity index (χ3n) is 2.87. The summed E-state index contributed by atoms with van der Waals surface area (Å²) in [6.45, 7) is 0.468. The van der Waals surface area contributed by atoms with Gasteiger partial charge in [-0.2, -0.15) is 0 Å². The van der Waals surface area contributed by atoms with Crippen LogP contribution in [0.15, 0.2) is 12.1 Å². The van der Waals surface area contributed by atoms with E-state index in [1.54, 1.807) is 0 Å². The first kappa shape index (κ1) is 17.2. The molecule has 0 amide bonds. The lowest BCUT2D eigenvalue weighted by Crippen LogP contribution is -2.05. The van der Waals surface area contributed by atoms with Crippen LogP contribution >= 0.6 is 11.6 Å². The highest BCUT2D eigenvalue weighted by atomic mass is 35.5. The minimum atomic E-state index is -0.831. The zero-order valence-electron chi connectivity index (χ0n) is 11.3. The molecule has 0 aliphatic carbocycles. The van der Waals surface area contributed by atoms with Gasteiger partial charge in [-0.3, -0.25) is 14.9 Å². The van der Waals surface area contributed by atoms with E-state index in [9.17, 15) is 19.3 Å². The molecule has 1 aromatic carbocycles. The van der Waals surface area contributed by atoms with Crippen LogP contribution in [0.3, 0.4) is 0 Å². The molecule has 0 unspecified atom stereocenters. The molecule has 0 radical (unpaired) electrons. The Morgan fingerprint density at radius 3 is 2.62 bits per heavy atom. The molecular weight excluding hydrogens is 303 g/mol. The summed E-state index contributed by atoms with van der Waals surface area (Å²) >= 11 is 5.61. The molecule has 21 heavy (non-hydrogen) atoms. The summed E-state index contributed by atoms with van der Waals surface area (Å²) in [5, 5.41) is 22.0. The molecule has 1 rings (SSSR count). The third-order valence-corrected chi connectivity index (χ3v) is 3.16. The van der Waals surface area contributed by atoms with Crippen LogP contribution in [-0.4, -0.2) is 22.5 Å². The number of carboxylic acids is 1. The standard InChI is InChI=1S/C13H16ClFN2O4/c14-9-7-11(12(17(20)21)8-10(9)15)16-6-4-2-1-3-5-13(18)19/h7-8,16H,1-6H2,(H,18,19). The van der Waals surface area contributed by atoms with E-state index in [1.165, 1.54) is 6.07 Å². The van der Waals surface area contributed by atoms with Gasteiger partial charge in [0.2, 0.25) is 0 Å². The average molecular weight is 319 g/mol. The van der Waals surface area contributed by atoms with E-state index in [4.69, 9.17) is 16.7 Å². The van der Waals surface area contributed by atoms with Gasteiger partial charge in [-0.15, -0.1) is 0 Å². The fraction of sp³-hybridized carbons (Fsp3) is 0.462. The van der Waals surface area contributed by atoms with Crippen LogP contribution in [0, 0.1) is 15.9 Å². The number of carboxylic acid groups (broad SMARTS) is 1. The number of benzene rings is 1. The number of anilines is 1. The predicted molar refractivity (Wildman–Crippen MR) is 77.3 cm³/mol. The van der Waals surface area contributed by atoms with Gasteiger partial charge in [-0.25, -0.2) is 4.39 Å². The van der Waals surface area contributed by atoms with Gasteiger partial charge in [0.25, 0.3) is 5.69 Å². The monoisotopic (exact) mass is 318 g/mol. The van der Waals surface area contributed by atoms with E-state index >= 15 is 0 Å². The van der Waals surface area contributed by atoms with Crippen LogP contribution in [-0.2, 0) is 4.79 Å². The maximum Gasteiger partial charge on any atom is 0.303 e. The normalized spacial score (nSPS) is 10.4. The Labute approximate surface area is 126 Å². The number of nitrogens with zero attached hydrogens (tertiary/aromatic N) is 1. The lowest BCUT2D eigenvalue weighted by Gasteiger charge is -2.08. The Morgan fingerprint density at radius 1 is 1.33 bits per heavy atom. The molecule has 116 valence electrons. The first-order valence-electron chi connectivity index (χ1n) is 6.51. The van der Waals surface area contributed by atoms with Gasteiger partial charge in [-0.1, -0.05) is 24.4 Å². The summed E-state index contributed by atoms with van der Waals surface area (Å²) in [6.07, 6.45) is 3.07. The highest BCUT2D eigenvalue weighted by Gasteiger charge is 2.17. The van der Waals surface area contributed by atoms with Crippen LogP contribution < -0.4 is 5.32 Å². The first-order chi connectivity index (χ1) is 9.91. The Kier molecular flexibility index (Phi) is 6.87. The van der Waals surface area contributed by atoms with E-state index in [-0.39, 0.29) is 22.8 Å². The molecule has 0 aliphatic rings. The molecule has 0 saturated carbocycles. The second-order valence-electron chi connectivity index (χ2n) is 4.53. The zero-order valence-corrected chi connectivity index (χ0v) is 12.0. The number of carbonyl (C=O) groups is 1. The first-order valence-corrected chi connectivity index (χ1v) is 6.88. The van der Waals surface area contributed by atoms with Crippen LogP contribution in [0.2, 0.25) is 5.02 Å². The number of unbranched alkanes of at least 4 members (excludes halogenated alkanes) is 3. The van der Waals surface area contributed by atoms with Crippen molar-refractivity contribution in [1.29, 1.82) is 0 Å². The van der Waals surface area contributed by atoms with E-state index < -0.39 is 16.7 Å². The second kappa shape index (κ2) is 8.41. The van der Waals surface area contributed by atoms with Crippen molar-refractivity contribution < 1.29 is 19.2 Å².